The lowest BCUT2D eigenvalue weighted by molar-refractivity contribution is -0.0916. The summed E-state index contributed by atoms with van der Waals surface area (Å²) >= 11 is 0. The predicted octanol–water partition coefficient (Wildman–Crippen LogP) is 1.26. The molecular weight excluding hydrogens is 190 g/mol. The fourth-order valence-corrected chi connectivity index (χ4v) is 2.87. The quantitative estimate of drug-likeness (QED) is 0.763. The first-order valence-electron chi connectivity index (χ1n) is 6.22. The number of aliphatic hydroxyl groups is 1. The summed E-state index contributed by atoms with van der Waals surface area (Å²) in [6, 6.07) is 0. The second-order valence-electron chi connectivity index (χ2n) is 5.22. The van der Waals surface area contributed by atoms with Gasteiger partial charge in [0.25, 0.3) is 0 Å². The Kier molecular flexibility index (Phi) is 3.65. The normalized spacial score (nSPS) is 27.6. The van der Waals surface area contributed by atoms with Gasteiger partial charge in [0.05, 0.1) is 6.10 Å². The summed E-state index contributed by atoms with van der Waals surface area (Å²) < 4.78 is 5.39. The maximum Gasteiger partial charge on any atom is 0.0667 e. The third-order valence-corrected chi connectivity index (χ3v) is 3.76. The van der Waals surface area contributed by atoms with E-state index in [0.717, 1.165) is 32.6 Å². The number of hydrogen-bond acceptors (Lipinski definition) is 3. The van der Waals surface area contributed by atoms with E-state index in [1.165, 1.54) is 25.9 Å². The highest BCUT2D eigenvalue weighted by Gasteiger charge is 2.43. The van der Waals surface area contributed by atoms with Crippen LogP contribution in [0, 0.1) is 5.41 Å². The van der Waals surface area contributed by atoms with Gasteiger partial charge in [0.15, 0.2) is 0 Å². The molecule has 0 saturated carbocycles. The van der Waals surface area contributed by atoms with Crippen molar-refractivity contribution < 1.29 is 9.84 Å². The minimum Gasteiger partial charge on any atom is -0.392 e. The lowest BCUT2D eigenvalue weighted by Gasteiger charge is -2.52. The highest BCUT2D eigenvalue weighted by atomic mass is 16.5. The maximum absolute atomic E-state index is 9.71. The Hall–Kier alpha value is -0.120. The highest BCUT2D eigenvalue weighted by molar-refractivity contribution is 4.96. The standard InChI is InChI=1S/C12H23NO2/c1-2-3-11(14)8-13-9-12(10-13)4-6-15-7-5-12/h11,14H,2-10H2,1H3. The van der Waals surface area contributed by atoms with Gasteiger partial charge in [-0.15, -0.1) is 0 Å². The van der Waals surface area contributed by atoms with Gasteiger partial charge in [-0.2, -0.15) is 0 Å². The predicted molar refractivity (Wildman–Crippen MR) is 59.8 cm³/mol. The van der Waals surface area contributed by atoms with E-state index in [0.29, 0.717) is 5.41 Å². The van der Waals surface area contributed by atoms with Gasteiger partial charge >= 0.3 is 0 Å². The molecule has 0 aromatic rings. The van der Waals surface area contributed by atoms with E-state index in [-0.39, 0.29) is 6.10 Å². The van der Waals surface area contributed by atoms with Crippen molar-refractivity contribution in [2.45, 2.75) is 38.7 Å². The van der Waals surface area contributed by atoms with Crippen molar-refractivity contribution in [3.8, 4) is 0 Å². The molecule has 2 saturated heterocycles. The third kappa shape index (κ3) is 2.71. The largest absolute Gasteiger partial charge is 0.392 e. The van der Waals surface area contributed by atoms with Crippen LogP contribution in [0.1, 0.15) is 32.6 Å². The van der Waals surface area contributed by atoms with Gasteiger partial charge in [-0.1, -0.05) is 13.3 Å². The Bertz CT molecular complexity index is 194. The molecule has 0 aromatic heterocycles. The average molecular weight is 213 g/mol. The van der Waals surface area contributed by atoms with E-state index in [1.807, 2.05) is 0 Å². The summed E-state index contributed by atoms with van der Waals surface area (Å²) in [5, 5.41) is 9.71. The molecule has 2 aliphatic rings. The molecule has 3 heteroatoms. The molecule has 0 amide bonds. The molecule has 2 heterocycles. The summed E-state index contributed by atoms with van der Waals surface area (Å²) in [4.78, 5) is 2.39. The monoisotopic (exact) mass is 213 g/mol. The summed E-state index contributed by atoms with van der Waals surface area (Å²) in [7, 11) is 0. The number of ether oxygens (including phenoxy) is 1. The molecule has 0 aromatic carbocycles. The van der Waals surface area contributed by atoms with Crippen LogP contribution < -0.4 is 0 Å². The molecule has 0 radical (unpaired) electrons. The minimum absolute atomic E-state index is 0.118. The number of β-amino-alcohol motifs (C(OH)–C–C–N with tert-alkyl or cyclic N) is 1. The Labute approximate surface area is 92.4 Å². The van der Waals surface area contributed by atoms with Crippen molar-refractivity contribution in [2.75, 3.05) is 32.8 Å². The molecule has 1 unspecified atom stereocenters. The number of likely N-dealkylation sites (tertiary alicyclic amines) is 1. The van der Waals surface area contributed by atoms with Gasteiger partial charge in [-0.05, 0) is 19.3 Å². The summed E-state index contributed by atoms with van der Waals surface area (Å²) in [5.41, 5.74) is 0.546. The first-order chi connectivity index (χ1) is 7.24. The third-order valence-electron chi connectivity index (χ3n) is 3.76. The molecule has 15 heavy (non-hydrogen) atoms. The molecule has 2 aliphatic heterocycles. The maximum atomic E-state index is 9.71. The molecular formula is C12H23NO2. The van der Waals surface area contributed by atoms with Crippen molar-refractivity contribution in [3.05, 3.63) is 0 Å². The molecule has 1 N–H and O–H groups in total. The smallest absolute Gasteiger partial charge is 0.0667 e. The zero-order valence-corrected chi connectivity index (χ0v) is 9.74. The minimum atomic E-state index is -0.118. The zero-order chi connectivity index (χ0) is 10.7. The molecule has 1 spiro atoms. The number of rotatable bonds is 4. The van der Waals surface area contributed by atoms with Crippen molar-refractivity contribution in [2.24, 2.45) is 5.41 Å². The second kappa shape index (κ2) is 4.81. The summed E-state index contributed by atoms with van der Waals surface area (Å²) in [6.07, 6.45) is 4.33. The molecule has 0 aliphatic carbocycles. The lowest BCUT2D eigenvalue weighted by atomic mass is 9.73. The fourth-order valence-electron chi connectivity index (χ4n) is 2.87. The summed E-state index contributed by atoms with van der Waals surface area (Å²) in [5.74, 6) is 0. The van der Waals surface area contributed by atoms with Crippen LogP contribution in [0.4, 0.5) is 0 Å². The van der Waals surface area contributed by atoms with Crippen molar-refractivity contribution >= 4 is 0 Å². The van der Waals surface area contributed by atoms with E-state index in [9.17, 15) is 5.11 Å². The highest BCUT2D eigenvalue weighted by Crippen LogP contribution is 2.39. The number of nitrogens with zero attached hydrogens (tertiary/aromatic N) is 1. The Morgan fingerprint density at radius 3 is 2.60 bits per heavy atom. The van der Waals surface area contributed by atoms with Gasteiger partial charge in [0.2, 0.25) is 0 Å². The first-order valence-corrected chi connectivity index (χ1v) is 6.22. The van der Waals surface area contributed by atoms with Crippen LogP contribution in [0.5, 0.6) is 0 Å². The van der Waals surface area contributed by atoms with Crippen LogP contribution in [-0.4, -0.2) is 49.0 Å². The van der Waals surface area contributed by atoms with Gasteiger partial charge in [0, 0.05) is 38.3 Å². The molecule has 0 bridgehead atoms. The van der Waals surface area contributed by atoms with E-state index >= 15 is 0 Å². The molecule has 2 rings (SSSR count). The van der Waals surface area contributed by atoms with Crippen molar-refractivity contribution in [1.82, 2.24) is 4.90 Å². The van der Waals surface area contributed by atoms with Crippen molar-refractivity contribution in [3.63, 3.8) is 0 Å². The Balaban J connectivity index is 1.68. The van der Waals surface area contributed by atoms with Crippen LogP contribution in [0.2, 0.25) is 0 Å². The van der Waals surface area contributed by atoms with E-state index in [2.05, 4.69) is 11.8 Å². The van der Waals surface area contributed by atoms with E-state index in [1.54, 1.807) is 0 Å². The lowest BCUT2D eigenvalue weighted by Crippen LogP contribution is -2.59. The summed E-state index contributed by atoms with van der Waals surface area (Å²) in [6.45, 7) is 7.22. The van der Waals surface area contributed by atoms with Crippen LogP contribution in [0.15, 0.2) is 0 Å². The molecule has 88 valence electrons. The molecule has 1 atom stereocenters. The second-order valence-corrected chi connectivity index (χ2v) is 5.22. The topological polar surface area (TPSA) is 32.7 Å². The van der Waals surface area contributed by atoms with Crippen molar-refractivity contribution in [1.29, 1.82) is 0 Å². The zero-order valence-electron chi connectivity index (χ0n) is 9.74. The Morgan fingerprint density at radius 1 is 1.33 bits per heavy atom. The fraction of sp³-hybridized carbons (Fsp3) is 1.00. The van der Waals surface area contributed by atoms with Crippen LogP contribution in [0.3, 0.4) is 0 Å². The molecule has 3 nitrogen and oxygen atoms in total. The van der Waals surface area contributed by atoms with E-state index < -0.39 is 0 Å². The number of hydrogen-bond donors (Lipinski definition) is 1. The first kappa shape index (κ1) is 11.4. The van der Waals surface area contributed by atoms with Crippen LogP contribution in [0.25, 0.3) is 0 Å². The van der Waals surface area contributed by atoms with Crippen LogP contribution >= 0.6 is 0 Å². The average Bonchev–Trinajstić information content (AvgIpc) is 2.17. The number of aliphatic hydroxyl groups excluding tert-OH is 1. The molecule has 2 fully saturated rings. The van der Waals surface area contributed by atoms with Gasteiger partial charge in [-0.25, -0.2) is 0 Å². The van der Waals surface area contributed by atoms with Gasteiger partial charge in [0.1, 0.15) is 0 Å². The van der Waals surface area contributed by atoms with Gasteiger partial charge < -0.3 is 9.84 Å². The van der Waals surface area contributed by atoms with E-state index in [4.69, 9.17) is 4.74 Å². The van der Waals surface area contributed by atoms with Crippen LogP contribution in [-0.2, 0) is 4.74 Å². The Morgan fingerprint density at radius 2 is 2.00 bits per heavy atom. The SMILES string of the molecule is CCCC(O)CN1CC2(CCOCC2)C1. The van der Waals surface area contributed by atoms with Gasteiger partial charge in [-0.3, -0.25) is 4.90 Å².